The number of nitrogens with two attached hydrogens (primary N) is 1. The summed E-state index contributed by atoms with van der Waals surface area (Å²) >= 11 is 0. The molecule has 1 heterocycles. The molecule has 140 valence electrons. The van der Waals surface area contributed by atoms with Crippen LogP contribution >= 0.6 is 0 Å². The molecular formula is C18H36N4O2. The van der Waals surface area contributed by atoms with E-state index in [0.29, 0.717) is 18.4 Å². The van der Waals surface area contributed by atoms with Gasteiger partial charge in [-0.3, -0.25) is 14.7 Å². The van der Waals surface area contributed by atoms with Crippen LogP contribution in [0.1, 0.15) is 66.2 Å². The maximum Gasteiger partial charge on any atom is 0.306 e. The lowest BCUT2D eigenvalue weighted by atomic mass is 10.1. The second-order valence-corrected chi connectivity index (χ2v) is 7.47. The number of rotatable bonds is 9. The highest BCUT2D eigenvalue weighted by molar-refractivity contribution is 5.77. The van der Waals surface area contributed by atoms with Gasteiger partial charge in [-0.1, -0.05) is 13.3 Å². The van der Waals surface area contributed by atoms with Gasteiger partial charge < -0.3 is 15.8 Å². The van der Waals surface area contributed by atoms with Gasteiger partial charge in [-0.15, -0.1) is 0 Å². The van der Waals surface area contributed by atoms with Crippen LogP contribution in [-0.2, 0) is 9.53 Å². The number of esters is 1. The Morgan fingerprint density at radius 3 is 2.75 bits per heavy atom. The average Bonchev–Trinajstić information content (AvgIpc) is 2.94. The minimum Gasteiger partial charge on any atom is -0.460 e. The highest BCUT2D eigenvalue weighted by Gasteiger charge is 2.22. The Bertz CT molecular complexity index is 404. The third-order valence-corrected chi connectivity index (χ3v) is 4.16. The van der Waals surface area contributed by atoms with Gasteiger partial charge in [-0.2, -0.15) is 0 Å². The van der Waals surface area contributed by atoms with Gasteiger partial charge in [0.15, 0.2) is 5.96 Å². The first kappa shape index (κ1) is 20.7. The van der Waals surface area contributed by atoms with Crippen molar-refractivity contribution in [2.24, 2.45) is 10.7 Å². The first-order chi connectivity index (χ1) is 11.3. The molecule has 0 amide bonds. The van der Waals surface area contributed by atoms with Crippen molar-refractivity contribution < 1.29 is 9.53 Å². The molecule has 6 heteroatoms. The van der Waals surface area contributed by atoms with Crippen molar-refractivity contribution in [1.82, 2.24) is 10.2 Å². The molecule has 0 radical (unpaired) electrons. The molecule has 1 unspecified atom stereocenters. The lowest BCUT2D eigenvalue weighted by molar-refractivity contribution is -0.154. The molecular weight excluding hydrogens is 304 g/mol. The molecule has 1 aliphatic heterocycles. The van der Waals surface area contributed by atoms with Gasteiger partial charge in [-0.05, 0) is 59.5 Å². The smallest absolute Gasteiger partial charge is 0.306 e. The van der Waals surface area contributed by atoms with Gasteiger partial charge in [-0.25, -0.2) is 0 Å². The molecule has 6 nitrogen and oxygen atoms in total. The maximum atomic E-state index is 11.6. The van der Waals surface area contributed by atoms with E-state index < -0.39 is 5.60 Å². The Labute approximate surface area is 147 Å². The highest BCUT2D eigenvalue weighted by atomic mass is 16.6. The molecule has 1 saturated heterocycles. The largest absolute Gasteiger partial charge is 0.460 e. The van der Waals surface area contributed by atoms with Gasteiger partial charge in [0.1, 0.15) is 5.60 Å². The van der Waals surface area contributed by atoms with Gasteiger partial charge in [0.2, 0.25) is 0 Å². The quantitative estimate of drug-likeness (QED) is 0.291. The molecule has 1 aliphatic rings. The first-order valence-electron chi connectivity index (χ1n) is 9.31. The van der Waals surface area contributed by atoms with Crippen LogP contribution in [0.15, 0.2) is 4.99 Å². The highest BCUT2D eigenvalue weighted by Crippen LogP contribution is 2.16. The number of likely N-dealkylation sites (N-methyl/N-ethyl adjacent to an activating group) is 1. The standard InChI is InChI=1S/C18H36N4O2/c1-5-22-13-9-10-15(22)14-21-17(19)20-12-8-6-7-11-16(23)24-18(2,3)4/h15H,5-14H2,1-4H3,(H3,19,20,21). The minimum absolute atomic E-state index is 0.117. The number of nitrogens with one attached hydrogen (secondary N) is 1. The van der Waals surface area contributed by atoms with E-state index in [9.17, 15) is 4.79 Å². The summed E-state index contributed by atoms with van der Waals surface area (Å²) in [6.45, 7) is 11.7. The normalized spacial score (nSPS) is 19.5. The third-order valence-electron chi connectivity index (χ3n) is 4.16. The molecule has 0 bridgehead atoms. The van der Waals surface area contributed by atoms with Crippen molar-refractivity contribution in [2.75, 3.05) is 26.2 Å². The summed E-state index contributed by atoms with van der Waals surface area (Å²) in [5.74, 6) is 0.415. The number of nitrogens with zero attached hydrogens (tertiary/aromatic N) is 2. The van der Waals surface area contributed by atoms with E-state index in [1.54, 1.807) is 0 Å². The molecule has 1 rings (SSSR count). The van der Waals surface area contributed by atoms with Gasteiger partial charge in [0.05, 0.1) is 6.54 Å². The van der Waals surface area contributed by atoms with E-state index in [4.69, 9.17) is 10.5 Å². The SMILES string of the molecule is CCN1CCCC1CN=C(N)NCCCCCC(=O)OC(C)(C)C. The second-order valence-electron chi connectivity index (χ2n) is 7.47. The van der Waals surface area contributed by atoms with Crippen LogP contribution < -0.4 is 11.1 Å². The summed E-state index contributed by atoms with van der Waals surface area (Å²) in [4.78, 5) is 18.5. The predicted octanol–water partition coefficient (Wildman–Crippen LogP) is 2.28. The summed E-state index contributed by atoms with van der Waals surface area (Å²) in [7, 11) is 0. The van der Waals surface area contributed by atoms with E-state index in [-0.39, 0.29) is 5.97 Å². The van der Waals surface area contributed by atoms with Gasteiger partial charge in [0.25, 0.3) is 0 Å². The second kappa shape index (κ2) is 10.5. The molecule has 0 saturated carbocycles. The lowest BCUT2D eigenvalue weighted by Gasteiger charge is -2.21. The topological polar surface area (TPSA) is 80.0 Å². The summed E-state index contributed by atoms with van der Waals surface area (Å²) in [5, 5.41) is 3.16. The fourth-order valence-corrected chi connectivity index (χ4v) is 2.96. The number of likely N-dealkylation sites (tertiary alicyclic amines) is 1. The van der Waals surface area contributed by atoms with Crippen LogP contribution in [-0.4, -0.2) is 54.7 Å². The van der Waals surface area contributed by atoms with E-state index in [2.05, 4.69) is 22.1 Å². The molecule has 24 heavy (non-hydrogen) atoms. The van der Waals surface area contributed by atoms with Crippen molar-refractivity contribution >= 4 is 11.9 Å². The molecule has 0 aliphatic carbocycles. The Morgan fingerprint density at radius 2 is 2.08 bits per heavy atom. The van der Waals surface area contributed by atoms with Gasteiger partial charge in [0, 0.05) is 19.0 Å². The number of hydrogen-bond donors (Lipinski definition) is 2. The number of carbonyl (C=O) groups is 1. The van der Waals surface area contributed by atoms with E-state index in [0.717, 1.165) is 38.9 Å². The van der Waals surface area contributed by atoms with E-state index in [1.165, 1.54) is 19.4 Å². The molecule has 0 aromatic carbocycles. The number of unbranched alkanes of at least 4 members (excludes halogenated alkanes) is 2. The third kappa shape index (κ3) is 9.11. The van der Waals surface area contributed by atoms with Crippen LogP contribution in [0.5, 0.6) is 0 Å². The van der Waals surface area contributed by atoms with E-state index >= 15 is 0 Å². The number of guanidine groups is 1. The minimum atomic E-state index is -0.393. The maximum absolute atomic E-state index is 11.6. The monoisotopic (exact) mass is 340 g/mol. The first-order valence-corrected chi connectivity index (χ1v) is 9.31. The van der Waals surface area contributed by atoms with Crippen molar-refractivity contribution in [2.45, 2.75) is 77.9 Å². The van der Waals surface area contributed by atoms with Crippen LogP contribution in [0.25, 0.3) is 0 Å². The zero-order valence-corrected chi connectivity index (χ0v) is 15.9. The summed E-state index contributed by atoms with van der Waals surface area (Å²) in [5.41, 5.74) is 5.52. The Morgan fingerprint density at radius 1 is 1.33 bits per heavy atom. The number of ether oxygens (including phenoxy) is 1. The van der Waals surface area contributed by atoms with Crippen molar-refractivity contribution in [3.05, 3.63) is 0 Å². The fraction of sp³-hybridized carbons (Fsp3) is 0.889. The van der Waals surface area contributed by atoms with Crippen molar-refractivity contribution in [3.8, 4) is 0 Å². The number of carbonyl (C=O) groups excluding carboxylic acids is 1. The van der Waals surface area contributed by atoms with Gasteiger partial charge >= 0.3 is 5.97 Å². The Hall–Kier alpha value is -1.30. The summed E-state index contributed by atoms with van der Waals surface area (Å²) < 4.78 is 5.28. The summed E-state index contributed by atoms with van der Waals surface area (Å²) in [6.07, 6.45) is 5.76. The average molecular weight is 341 g/mol. The molecule has 0 spiro atoms. The van der Waals surface area contributed by atoms with E-state index in [1.807, 2.05) is 20.8 Å². The van der Waals surface area contributed by atoms with Crippen molar-refractivity contribution in [3.63, 3.8) is 0 Å². The molecule has 0 aromatic rings. The molecule has 1 fully saturated rings. The van der Waals surface area contributed by atoms with Crippen molar-refractivity contribution in [1.29, 1.82) is 0 Å². The van der Waals surface area contributed by atoms with Crippen LogP contribution in [0.4, 0.5) is 0 Å². The van der Waals surface area contributed by atoms with Crippen LogP contribution in [0.2, 0.25) is 0 Å². The number of hydrogen-bond acceptors (Lipinski definition) is 4. The zero-order valence-electron chi connectivity index (χ0n) is 15.9. The predicted molar refractivity (Wildman–Crippen MR) is 99.1 cm³/mol. The van der Waals surface area contributed by atoms with Crippen LogP contribution in [0, 0.1) is 0 Å². The molecule has 0 aromatic heterocycles. The summed E-state index contributed by atoms with van der Waals surface area (Å²) in [6, 6.07) is 0.546. The number of aliphatic imine (C=N–C) groups is 1. The molecule has 3 N–H and O–H groups in total. The Kier molecular flexibility index (Phi) is 9.11. The van der Waals surface area contributed by atoms with Crippen LogP contribution in [0.3, 0.4) is 0 Å². The molecule has 1 atom stereocenters. The lowest BCUT2D eigenvalue weighted by Crippen LogP contribution is -2.36. The zero-order chi connectivity index (χ0) is 18.0. The fourth-order valence-electron chi connectivity index (χ4n) is 2.96. The Balaban J connectivity index is 2.06.